The summed E-state index contributed by atoms with van der Waals surface area (Å²) in [6, 6.07) is 15.3. The third-order valence-electron chi connectivity index (χ3n) is 3.50. The Morgan fingerprint density at radius 1 is 1.04 bits per heavy atom. The van der Waals surface area contributed by atoms with Crippen molar-refractivity contribution in [1.82, 2.24) is 0 Å². The van der Waals surface area contributed by atoms with Crippen LogP contribution in [-0.2, 0) is 11.2 Å². The number of rotatable bonds is 6. The van der Waals surface area contributed by atoms with Gasteiger partial charge in [-0.1, -0.05) is 31.2 Å². The molecule has 1 amide bonds. The maximum absolute atomic E-state index is 12.5. The molecule has 2 aromatic rings. The van der Waals surface area contributed by atoms with Gasteiger partial charge in [-0.25, -0.2) is 0 Å². The number of aryl methyl sites for hydroxylation is 1. The third-order valence-corrected chi connectivity index (χ3v) is 4.62. The summed E-state index contributed by atoms with van der Waals surface area (Å²) >= 11 is 1.52. The summed E-state index contributed by atoms with van der Waals surface area (Å²) < 4.78 is 0. The van der Waals surface area contributed by atoms with E-state index in [1.807, 2.05) is 55.5 Å². The largest absolute Gasteiger partial charge is 0.326 e. The van der Waals surface area contributed by atoms with Gasteiger partial charge in [0.05, 0.1) is 5.25 Å². The molecule has 3 nitrogen and oxygen atoms in total. The maximum atomic E-state index is 12.5. The third kappa shape index (κ3) is 4.96. The molecule has 0 spiro atoms. The van der Waals surface area contributed by atoms with Crippen LogP contribution in [0.1, 0.15) is 36.7 Å². The summed E-state index contributed by atoms with van der Waals surface area (Å²) in [5.41, 5.74) is 2.74. The normalized spacial score (nSPS) is 11.8. The smallest absolute Gasteiger partial charge is 0.221 e. The molecule has 2 rings (SSSR count). The average Bonchev–Trinajstić information content (AvgIpc) is 2.55. The summed E-state index contributed by atoms with van der Waals surface area (Å²) in [5, 5.41) is 2.57. The fourth-order valence-corrected chi connectivity index (χ4v) is 3.16. The standard InChI is InChI=1S/C19H21NO2S/c1-4-15-5-7-16(8-6-15)19(22)13(2)23-18-11-9-17(10-12-18)20-14(3)21/h5-13H,4H2,1-3H3,(H,20,21). The van der Waals surface area contributed by atoms with Crippen molar-refractivity contribution < 1.29 is 9.59 Å². The van der Waals surface area contributed by atoms with E-state index >= 15 is 0 Å². The molecule has 0 aliphatic heterocycles. The van der Waals surface area contributed by atoms with Gasteiger partial charge < -0.3 is 5.32 Å². The van der Waals surface area contributed by atoms with Crippen LogP contribution >= 0.6 is 11.8 Å². The first-order valence-corrected chi connectivity index (χ1v) is 8.55. The molecule has 0 saturated heterocycles. The average molecular weight is 327 g/mol. The summed E-state index contributed by atoms with van der Waals surface area (Å²) in [6.07, 6.45) is 0.972. The van der Waals surface area contributed by atoms with E-state index < -0.39 is 0 Å². The lowest BCUT2D eigenvalue weighted by Gasteiger charge is -2.11. The quantitative estimate of drug-likeness (QED) is 0.624. The van der Waals surface area contributed by atoms with E-state index in [0.717, 1.165) is 22.6 Å². The second-order valence-corrected chi connectivity index (χ2v) is 6.79. The van der Waals surface area contributed by atoms with Crippen LogP contribution in [0.25, 0.3) is 0 Å². The minimum Gasteiger partial charge on any atom is -0.326 e. The lowest BCUT2D eigenvalue weighted by Crippen LogP contribution is -2.13. The van der Waals surface area contributed by atoms with Crippen molar-refractivity contribution in [1.29, 1.82) is 0 Å². The minimum atomic E-state index is -0.158. The molecule has 0 aliphatic carbocycles. The molecule has 23 heavy (non-hydrogen) atoms. The number of carbonyl (C=O) groups excluding carboxylic acids is 2. The van der Waals surface area contributed by atoms with Gasteiger partial charge >= 0.3 is 0 Å². The number of benzene rings is 2. The zero-order chi connectivity index (χ0) is 16.8. The Hall–Kier alpha value is -2.07. The molecule has 0 aromatic heterocycles. The van der Waals surface area contributed by atoms with Gasteiger partial charge in [-0.2, -0.15) is 0 Å². The molecule has 0 radical (unpaired) electrons. The molecule has 2 aromatic carbocycles. The Balaban J connectivity index is 2.01. The zero-order valence-corrected chi connectivity index (χ0v) is 14.4. The highest BCUT2D eigenvalue weighted by Crippen LogP contribution is 2.27. The SMILES string of the molecule is CCc1ccc(C(=O)C(C)Sc2ccc(NC(C)=O)cc2)cc1. The van der Waals surface area contributed by atoms with Gasteiger partial charge in [0.25, 0.3) is 0 Å². The number of nitrogens with one attached hydrogen (secondary N) is 1. The summed E-state index contributed by atoms with van der Waals surface area (Å²) in [6.45, 7) is 5.50. The molecule has 0 fully saturated rings. The Morgan fingerprint density at radius 2 is 1.65 bits per heavy atom. The van der Waals surface area contributed by atoms with E-state index in [4.69, 9.17) is 0 Å². The van der Waals surface area contributed by atoms with Gasteiger partial charge in [0, 0.05) is 23.1 Å². The first-order chi connectivity index (χ1) is 11.0. The minimum absolute atomic E-state index is 0.0931. The van der Waals surface area contributed by atoms with E-state index in [9.17, 15) is 9.59 Å². The predicted octanol–water partition coefficient (Wildman–Crippen LogP) is 4.57. The Labute approximate surface area is 141 Å². The molecular weight excluding hydrogens is 306 g/mol. The van der Waals surface area contributed by atoms with Gasteiger partial charge in [0.1, 0.15) is 0 Å². The highest BCUT2D eigenvalue weighted by molar-refractivity contribution is 8.00. The lowest BCUT2D eigenvalue weighted by atomic mass is 10.1. The fourth-order valence-electron chi connectivity index (χ4n) is 2.22. The van der Waals surface area contributed by atoms with Crippen LogP contribution in [0.5, 0.6) is 0 Å². The number of ketones is 1. The number of thioether (sulfide) groups is 1. The van der Waals surface area contributed by atoms with Crippen molar-refractivity contribution in [3.05, 3.63) is 59.7 Å². The summed E-state index contributed by atoms with van der Waals surface area (Å²) in [4.78, 5) is 24.5. The summed E-state index contributed by atoms with van der Waals surface area (Å²) in [5.74, 6) is 0.0352. The lowest BCUT2D eigenvalue weighted by molar-refractivity contribution is -0.114. The first kappa shape index (κ1) is 17.3. The molecule has 0 bridgehead atoms. The number of anilines is 1. The number of Topliss-reactive ketones (excluding diaryl/α,β-unsaturated/α-hetero) is 1. The number of amides is 1. The van der Waals surface area contributed by atoms with Crippen molar-refractivity contribution in [3.8, 4) is 0 Å². The van der Waals surface area contributed by atoms with E-state index in [2.05, 4.69) is 12.2 Å². The number of hydrogen-bond acceptors (Lipinski definition) is 3. The van der Waals surface area contributed by atoms with E-state index in [1.54, 1.807) is 0 Å². The van der Waals surface area contributed by atoms with Crippen molar-refractivity contribution in [2.24, 2.45) is 0 Å². The molecule has 0 aliphatic rings. The second kappa shape index (κ2) is 7.97. The van der Waals surface area contributed by atoms with Crippen LogP contribution in [0.15, 0.2) is 53.4 Å². The molecule has 0 saturated carbocycles. The van der Waals surface area contributed by atoms with E-state index in [1.165, 1.54) is 24.2 Å². The van der Waals surface area contributed by atoms with Gasteiger partial charge in [0.15, 0.2) is 5.78 Å². The molecule has 120 valence electrons. The van der Waals surface area contributed by atoms with Crippen LogP contribution in [0.2, 0.25) is 0 Å². The van der Waals surface area contributed by atoms with Crippen LogP contribution in [0, 0.1) is 0 Å². The fraction of sp³-hybridized carbons (Fsp3) is 0.263. The van der Waals surface area contributed by atoms with E-state index in [-0.39, 0.29) is 16.9 Å². The monoisotopic (exact) mass is 327 g/mol. The zero-order valence-electron chi connectivity index (χ0n) is 13.6. The van der Waals surface area contributed by atoms with Crippen LogP contribution in [0.4, 0.5) is 5.69 Å². The van der Waals surface area contributed by atoms with Crippen molar-refractivity contribution in [3.63, 3.8) is 0 Å². The molecule has 1 atom stereocenters. The Bertz CT molecular complexity index is 678. The Morgan fingerprint density at radius 3 is 2.17 bits per heavy atom. The van der Waals surface area contributed by atoms with Crippen LogP contribution in [0.3, 0.4) is 0 Å². The van der Waals surface area contributed by atoms with Crippen molar-refractivity contribution >= 4 is 29.1 Å². The van der Waals surface area contributed by atoms with E-state index in [0.29, 0.717) is 0 Å². The van der Waals surface area contributed by atoms with Gasteiger partial charge in [0.2, 0.25) is 5.91 Å². The Kier molecular flexibility index (Phi) is 5.99. The molecular formula is C19H21NO2S. The number of hydrogen-bond donors (Lipinski definition) is 1. The molecule has 4 heteroatoms. The van der Waals surface area contributed by atoms with Gasteiger partial charge in [-0.15, -0.1) is 11.8 Å². The molecule has 1 unspecified atom stereocenters. The maximum Gasteiger partial charge on any atom is 0.221 e. The number of carbonyl (C=O) groups is 2. The van der Waals surface area contributed by atoms with Crippen LogP contribution in [-0.4, -0.2) is 16.9 Å². The molecule has 0 heterocycles. The van der Waals surface area contributed by atoms with Gasteiger partial charge in [-0.05, 0) is 43.2 Å². The highest BCUT2D eigenvalue weighted by Gasteiger charge is 2.16. The first-order valence-electron chi connectivity index (χ1n) is 7.67. The summed E-state index contributed by atoms with van der Waals surface area (Å²) in [7, 11) is 0. The second-order valence-electron chi connectivity index (χ2n) is 5.38. The highest BCUT2D eigenvalue weighted by atomic mass is 32.2. The van der Waals surface area contributed by atoms with Crippen molar-refractivity contribution in [2.45, 2.75) is 37.3 Å². The molecule has 1 N–H and O–H groups in total. The predicted molar refractivity (Wildman–Crippen MR) is 96.2 cm³/mol. The van der Waals surface area contributed by atoms with Crippen molar-refractivity contribution in [2.75, 3.05) is 5.32 Å². The van der Waals surface area contributed by atoms with Crippen LogP contribution < -0.4 is 5.32 Å². The van der Waals surface area contributed by atoms with Gasteiger partial charge in [-0.3, -0.25) is 9.59 Å². The topological polar surface area (TPSA) is 46.2 Å².